The predicted molar refractivity (Wildman–Crippen MR) is 211 cm³/mol. The molecule has 50 heavy (non-hydrogen) atoms. The predicted octanol–water partition coefficient (Wildman–Crippen LogP) is 10.8. The first-order chi connectivity index (χ1) is 24.0. The van der Waals surface area contributed by atoms with E-state index in [9.17, 15) is 9.18 Å². The lowest BCUT2D eigenvalue weighted by Crippen LogP contribution is -2.41. The van der Waals surface area contributed by atoms with Crippen LogP contribution in [0.2, 0.25) is 24.2 Å². The topological polar surface area (TPSA) is 72.1 Å². The van der Waals surface area contributed by atoms with Gasteiger partial charge in [-0.15, -0.1) is 0 Å². The summed E-state index contributed by atoms with van der Waals surface area (Å²) in [4.78, 5) is 11.9. The van der Waals surface area contributed by atoms with E-state index in [4.69, 9.17) is 46.3 Å². The maximum Gasteiger partial charge on any atom is 0.420 e. The Hall–Kier alpha value is -2.89. The lowest BCUT2D eigenvalue weighted by molar-refractivity contribution is 0.280. The van der Waals surface area contributed by atoms with Crippen LogP contribution in [-0.2, 0) is 33.2 Å². The van der Waals surface area contributed by atoms with Gasteiger partial charge in [0.25, 0.3) is 0 Å². The Morgan fingerprint density at radius 3 is 2.26 bits per heavy atom. The second kappa shape index (κ2) is 19.1. The number of halogens is 2. The highest BCUT2D eigenvalue weighted by molar-refractivity contribution is 8.67. The summed E-state index contributed by atoms with van der Waals surface area (Å²) in [5.74, 6) is 1.39. The average Bonchev–Trinajstić information content (AvgIpc) is 3.40. The largest absolute Gasteiger partial charge is 0.494 e. The van der Waals surface area contributed by atoms with E-state index >= 15 is 0 Å². The van der Waals surface area contributed by atoms with E-state index in [1.807, 2.05) is 63.2 Å². The van der Waals surface area contributed by atoms with Crippen LogP contribution in [0.1, 0.15) is 32.8 Å². The Balaban J connectivity index is 0.000000237. The summed E-state index contributed by atoms with van der Waals surface area (Å²) in [6, 6.07) is 29.3. The maximum absolute atomic E-state index is 14.1. The molecule has 0 aliphatic carbocycles. The number of fused-ring (bicyclic) bond motifs is 1. The van der Waals surface area contributed by atoms with Gasteiger partial charge >= 0.3 is 5.76 Å². The van der Waals surface area contributed by atoms with Crippen molar-refractivity contribution in [2.75, 3.05) is 19.8 Å². The van der Waals surface area contributed by atoms with Crippen molar-refractivity contribution in [1.29, 1.82) is 0 Å². The zero-order valence-electron chi connectivity index (χ0n) is 29.0. The molecule has 0 fully saturated rings. The minimum atomic E-state index is -2.45. The molecule has 0 aliphatic rings. The third-order valence-electron chi connectivity index (χ3n) is 7.73. The number of hydrogen-bond donors (Lipinski definition) is 0. The Morgan fingerprint density at radius 2 is 1.60 bits per heavy atom. The molecule has 0 spiro atoms. The van der Waals surface area contributed by atoms with Crippen molar-refractivity contribution in [2.45, 2.75) is 58.6 Å². The molecule has 0 aliphatic heterocycles. The third-order valence-corrected chi connectivity index (χ3v) is 16.8. The molecule has 7 nitrogen and oxygen atoms in total. The monoisotopic (exact) mass is 775 g/mol. The highest BCUT2D eigenvalue weighted by Crippen LogP contribution is 2.61. The van der Waals surface area contributed by atoms with Crippen LogP contribution in [0.3, 0.4) is 0 Å². The molecular formula is C37H44ClFNO6PS2Si. The lowest BCUT2D eigenvalue weighted by Gasteiger charge is -2.23. The molecule has 0 atom stereocenters. The Bertz CT molecular complexity index is 1910. The van der Waals surface area contributed by atoms with Crippen molar-refractivity contribution in [2.24, 2.45) is 0 Å². The minimum Gasteiger partial charge on any atom is -0.494 e. The molecule has 1 heterocycles. The van der Waals surface area contributed by atoms with Crippen LogP contribution >= 0.6 is 28.7 Å². The first-order valence-corrected chi connectivity index (χ1v) is 24.4. The summed E-state index contributed by atoms with van der Waals surface area (Å²) in [5, 5.41) is 1.96. The molecule has 4 aromatic carbocycles. The molecule has 13 heteroatoms. The minimum absolute atomic E-state index is 0.289. The molecule has 5 aromatic rings. The standard InChI is InChI=1S/C25H29FO2Si.C12H15ClNO4PS2/c1-4-27-21-13-15-23(16-14-21)29(2,3)18-8-9-20-12-17-24(26)25(19-20)28-22-10-6-5-7-11-22;1-3-16-19(20,17-4-2)21-8-14-10-6-5-9(13)7-11(10)18-12(14)15/h5-7,10-17,19H,4,8-9,18H2,1-3H3;5-7H,3-4,8H2,1-2H3. The summed E-state index contributed by atoms with van der Waals surface area (Å²) < 4.78 is 43.2. The molecule has 0 saturated carbocycles. The Morgan fingerprint density at radius 1 is 0.900 bits per heavy atom. The summed E-state index contributed by atoms with van der Waals surface area (Å²) in [6.45, 7) is 12.2. The molecule has 0 N–H and O–H groups in total. The van der Waals surface area contributed by atoms with Crippen molar-refractivity contribution >= 4 is 64.8 Å². The molecule has 5 rings (SSSR count). The first kappa shape index (κ1) is 39.9. The highest BCUT2D eigenvalue weighted by atomic mass is 35.5. The second-order valence-corrected chi connectivity index (χ2v) is 23.4. The molecule has 268 valence electrons. The summed E-state index contributed by atoms with van der Waals surface area (Å²) in [5.41, 5.74) is -0.214. The Labute approximate surface area is 309 Å². The number of para-hydroxylation sites is 1. The summed E-state index contributed by atoms with van der Waals surface area (Å²) in [7, 11) is -1.53. The normalized spacial score (nSPS) is 11.7. The quantitative estimate of drug-likeness (QED) is 0.0725. The second-order valence-electron chi connectivity index (χ2n) is 11.8. The fraction of sp³-hybridized carbons (Fsp3) is 0.324. The van der Waals surface area contributed by atoms with Gasteiger partial charge in [0.15, 0.2) is 17.1 Å². The van der Waals surface area contributed by atoms with Gasteiger partial charge in [0.05, 0.1) is 39.3 Å². The average molecular weight is 776 g/mol. The molecule has 0 amide bonds. The number of benzene rings is 4. The van der Waals surface area contributed by atoms with Crippen LogP contribution in [-0.4, -0.2) is 32.5 Å². The maximum atomic E-state index is 14.1. The van der Waals surface area contributed by atoms with Crippen LogP contribution in [0.25, 0.3) is 11.1 Å². The van der Waals surface area contributed by atoms with Gasteiger partial charge in [0.1, 0.15) is 11.5 Å². The number of aromatic nitrogens is 1. The molecule has 0 bridgehead atoms. The Kier molecular flexibility index (Phi) is 15.2. The van der Waals surface area contributed by atoms with E-state index in [1.54, 1.807) is 18.2 Å². The first-order valence-electron chi connectivity index (χ1n) is 16.5. The van der Waals surface area contributed by atoms with E-state index in [0.29, 0.717) is 47.6 Å². The molecule has 0 unspecified atom stereocenters. The van der Waals surface area contributed by atoms with Crippen LogP contribution < -0.4 is 20.4 Å². The van der Waals surface area contributed by atoms with Crippen LogP contribution in [0.5, 0.6) is 17.2 Å². The van der Waals surface area contributed by atoms with E-state index in [-0.39, 0.29) is 11.6 Å². The van der Waals surface area contributed by atoms with Crippen LogP contribution in [0.15, 0.2) is 100 Å². The fourth-order valence-corrected chi connectivity index (χ4v) is 12.0. The number of nitrogens with zero attached hydrogens (tertiary/aromatic N) is 1. The lowest BCUT2D eigenvalue weighted by atomic mass is 10.1. The van der Waals surface area contributed by atoms with Crippen LogP contribution in [0.4, 0.5) is 4.39 Å². The van der Waals surface area contributed by atoms with Gasteiger partial charge in [-0.1, -0.05) is 78.7 Å². The number of oxazole rings is 1. The van der Waals surface area contributed by atoms with Gasteiger partial charge in [-0.2, -0.15) is 0 Å². The van der Waals surface area contributed by atoms with Gasteiger partial charge in [0.2, 0.25) is 5.69 Å². The van der Waals surface area contributed by atoms with Crippen molar-refractivity contribution in [3.05, 3.63) is 118 Å². The highest BCUT2D eigenvalue weighted by Gasteiger charge is 2.23. The summed E-state index contributed by atoms with van der Waals surface area (Å²) >= 11 is 12.6. The van der Waals surface area contributed by atoms with E-state index in [0.717, 1.165) is 24.2 Å². The molecule has 0 radical (unpaired) electrons. The SMILES string of the molecule is CCOP(=S)(OCC)SCn1c(=O)oc2cc(Cl)ccc21.CCOc1ccc([Si](C)(C)CCCc2ccc(F)c(Oc3ccccc3)c2)cc1. The number of aryl methyl sites for hydroxylation is 1. The smallest absolute Gasteiger partial charge is 0.420 e. The van der Waals surface area contributed by atoms with Crippen molar-refractivity contribution in [3.63, 3.8) is 0 Å². The molecular weight excluding hydrogens is 732 g/mol. The van der Waals surface area contributed by atoms with E-state index < -0.39 is 19.5 Å². The van der Waals surface area contributed by atoms with Gasteiger partial charge in [-0.25, -0.2) is 9.18 Å². The van der Waals surface area contributed by atoms with E-state index in [2.05, 4.69) is 37.4 Å². The van der Waals surface area contributed by atoms with Gasteiger partial charge in [-0.05, 0) is 104 Å². The third kappa shape index (κ3) is 11.6. The van der Waals surface area contributed by atoms with Crippen LogP contribution in [0, 0.1) is 5.82 Å². The van der Waals surface area contributed by atoms with Gasteiger partial charge < -0.3 is 22.9 Å². The van der Waals surface area contributed by atoms with Gasteiger partial charge in [-0.3, -0.25) is 4.57 Å². The molecule has 1 aromatic heterocycles. The summed E-state index contributed by atoms with van der Waals surface area (Å²) in [6.07, 6.45) is 1.99. The number of rotatable bonds is 16. The number of hydrogen-bond acceptors (Lipinski definition) is 8. The van der Waals surface area contributed by atoms with Crippen molar-refractivity contribution in [3.8, 4) is 17.2 Å². The van der Waals surface area contributed by atoms with Crippen molar-refractivity contribution < 1.29 is 27.3 Å². The fourth-order valence-electron chi connectivity index (χ4n) is 5.16. The zero-order valence-corrected chi connectivity index (χ0v) is 33.3. The van der Waals surface area contributed by atoms with Gasteiger partial charge in [0, 0.05) is 11.1 Å². The zero-order chi connectivity index (χ0) is 36.1. The van der Waals surface area contributed by atoms with Crippen molar-refractivity contribution in [1.82, 2.24) is 4.57 Å². The number of ether oxygens (including phenoxy) is 2. The van der Waals surface area contributed by atoms with E-state index in [1.165, 1.54) is 33.2 Å². The molecule has 0 saturated heterocycles.